The molecule has 0 radical (unpaired) electrons. The lowest BCUT2D eigenvalue weighted by Crippen LogP contribution is -2.51. The van der Waals surface area contributed by atoms with Gasteiger partial charge in [0, 0.05) is 50.2 Å². The number of aromatic nitrogens is 1. The van der Waals surface area contributed by atoms with E-state index >= 15 is 0 Å². The fraction of sp³-hybridized carbons (Fsp3) is 0.462. The molecular weight excluding hydrogens is 432 g/mol. The van der Waals surface area contributed by atoms with Gasteiger partial charge < -0.3 is 19.9 Å². The van der Waals surface area contributed by atoms with Gasteiger partial charge in [0.25, 0.3) is 5.91 Å². The number of benzene rings is 1. The maximum absolute atomic E-state index is 12.9. The van der Waals surface area contributed by atoms with Gasteiger partial charge in [-0.1, -0.05) is 18.2 Å². The zero-order chi connectivity index (χ0) is 23.8. The van der Waals surface area contributed by atoms with Gasteiger partial charge >= 0.3 is 0 Å². The van der Waals surface area contributed by atoms with Crippen LogP contribution in [-0.2, 0) is 9.59 Å². The molecule has 1 N–H and O–H groups in total. The van der Waals surface area contributed by atoms with Crippen LogP contribution in [0.2, 0.25) is 0 Å². The second-order valence-corrected chi connectivity index (χ2v) is 8.90. The summed E-state index contributed by atoms with van der Waals surface area (Å²) in [7, 11) is 0. The van der Waals surface area contributed by atoms with Crippen LogP contribution in [0.4, 0.5) is 0 Å². The van der Waals surface area contributed by atoms with Gasteiger partial charge in [0.15, 0.2) is 0 Å². The van der Waals surface area contributed by atoms with Gasteiger partial charge in [0.1, 0.15) is 5.75 Å². The molecule has 34 heavy (non-hydrogen) atoms. The first-order valence-corrected chi connectivity index (χ1v) is 12.1. The zero-order valence-corrected chi connectivity index (χ0v) is 19.4. The normalized spacial score (nSPS) is 18.9. The van der Waals surface area contributed by atoms with Crippen LogP contribution >= 0.6 is 0 Å². The van der Waals surface area contributed by atoms with E-state index in [9.17, 15) is 14.4 Å². The van der Waals surface area contributed by atoms with Gasteiger partial charge in [0.2, 0.25) is 11.8 Å². The minimum atomic E-state index is -0.191. The van der Waals surface area contributed by atoms with E-state index in [-0.39, 0.29) is 29.7 Å². The van der Waals surface area contributed by atoms with Gasteiger partial charge in [-0.25, -0.2) is 0 Å². The first-order chi connectivity index (χ1) is 16.6. The molecule has 1 atom stereocenters. The van der Waals surface area contributed by atoms with Crippen LogP contribution < -0.4 is 10.1 Å². The number of hydrogen-bond acceptors (Lipinski definition) is 5. The highest BCUT2D eigenvalue weighted by atomic mass is 16.5. The molecule has 2 aromatic rings. The SMILES string of the molecule is O=C(NC1CCN(C(=O)c2ccncc2)CC1)C1CCCN(C(=O)CCOc2ccccc2)C1. The Hall–Kier alpha value is -3.42. The average Bonchev–Trinajstić information content (AvgIpc) is 2.90. The van der Waals surface area contributed by atoms with Crippen molar-refractivity contribution in [3.8, 4) is 5.75 Å². The van der Waals surface area contributed by atoms with E-state index < -0.39 is 0 Å². The molecule has 2 fully saturated rings. The van der Waals surface area contributed by atoms with Gasteiger partial charge in [-0.15, -0.1) is 0 Å². The van der Waals surface area contributed by atoms with Crippen LogP contribution in [0, 0.1) is 5.92 Å². The number of hydrogen-bond donors (Lipinski definition) is 1. The van der Waals surface area contributed by atoms with Crippen LogP contribution in [0.3, 0.4) is 0 Å². The molecule has 180 valence electrons. The second kappa shape index (κ2) is 11.6. The molecule has 4 rings (SSSR count). The van der Waals surface area contributed by atoms with Crippen molar-refractivity contribution in [3.05, 3.63) is 60.4 Å². The first kappa shape index (κ1) is 23.7. The number of para-hydroxylation sites is 1. The average molecular weight is 465 g/mol. The third-order valence-electron chi connectivity index (χ3n) is 6.53. The molecule has 0 aliphatic carbocycles. The molecule has 0 spiro atoms. The first-order valence-electron chi connectivity index (χ1n) is 12.1. The van der Waals surface area contributed by atoms with E-state index in [4.69, 9.17) is 4.74 Å². The van der Waals surface area contributed by atoms with Crippen LogP contribution in [0.15, 0.2) is 54.9 Å². The third-order valence-corrected chi connectivity index (χ3v) is 6.53. The predicted molar refractivity (Wildman–Crippen MR) is 127 cm³/mol. The molecule has 1 aromatic heterocycles. The molecule has 1 aromatic carbocycles. The number of piperidine rings is 2. The fourth-order valence-corrected chi connectivity index (χ4v) is 4.57. The quantitative estimate of drug-likeness (QED) is 0.680. The molecule has 0 bridgehead atoms. The van der Waals surface area contributed by atoms with Crippen LogP contribution in [0.5, 0.6) is 5.75 Å². The highest BCUT2D eigenvalue weighted by Gasteiger charge is 2.31. The number of nitrogens with one attached hydrogen (secondary N) is 1. The van der Waals surface area contributed by atoms with Crippen molar-refractivity contribution < 1.29 is 19.1 Å². The Kier molecular flexibility index (Phi) is 8.12. The molecular formula is C26H32N4O4. The summed E-state index contributed by atoms with van der Waals surface area (Å²) in [5.41, 5.74) is 0.638. The minimum Gasteiger partial charge on any atom is -0.493 e. The van der Waals surface area contributed by atoms with Crippen molar-refractivity contribution >= 4 is 17.7 Å². The van der Waals surface area contributed by atoms with Crippen molar-refractivity contribution in [1.29, 1.82) is 0 Å². The van der Waals surface area contributed by atoms with Crippen molar-refractivity contribution in [2.75, 3.05) is 32.8 Å². The molecule has 8 nitrogen and oxygen atoms in total. The lowest BCUT2D eigenvalue weighted by Gasteiger charge is -2.35. The predicted octanol–water partition coefficient (Wildman–Crippen LogP) is 2.51. The van der Waals surface area contributed by atoms with E-state index in [2.05, 4.69) is 10.3 Å². The standard InChI is InChI=1S/C26H32N4O4/c31-24(12-18-34-23-6-2-1-3-7-23)30-15-4-5-21(19-30)25(32)28-22-10-16-29(17-11-22)26(33)20-8-13-27-14-9-20/h1-3,6-9,13-14,21-22H,4-5,10-12,15-19H2,(H,28,32). The molecule has 0 saturated carbocycles. The maximum atomic E-state index is 12.9. The molecule has 3 amide bonds. The van der Waals surface area contributed by atoms with Crippen LogP contribution in [0.25, 0.3) is 0 Å². The number of nitrogens with zero attached hydrogens (tertiary/aromatic N) is 3. The summed E-state index contributed by atoms with van der Waals surface area (Å²) in [4.78, 5) is 45.7. The summed E-state index contributed by atoms with van der Waals surface area (Å²) in [6.07, 6.45) is 6.61. The van der Waals surface area contributed by atoms with Crippen molar-refractivity contribution in [2.45, 2.75) is 38.1 Å². The largest absolute Gasteiger partial charge is 0.493 e. The molecule has 8 heteroatoms. The van der Waals surface area contributed by atoms with Gasteiger partial charge in [-0.2, -0.15) is 0 Å². The fourth-order valence-electron chi connectivity index (χ4n) is 4.57. The lowest BCUT2D eigenvalue weighted by atomic mass is 9.95. The highest BCUT2D eigenvalue weighted by Crippen LogP contribution is 2.20. The van der Waals surface area contributed by atoms with Gasteiger partial charge in [0.05, 0.1) is 18.9 Å². The van der Waals surface area contributed by atoms with Crippen LogP contribution in [0.1, 0.15) is 42.5 Å². The smallest absolute Gasteiger partial charge is 0.253 e. The monoisotopic (exact) mass is 464 g/mol. The van der Waals surface area contributed by atoms with E-state index in [1.165, 1.54) is 0 Å². The number of carbonyl (C=O) groups excluding carboxylic acids is 3. The molecule has 2 aliphatic heterocycles. The van der Waals surface area contributed by atoms with E-state index in [0.717, 1.165) is 31.4 Å². The zero-order valence-electron chi connectivity index (χ0n) is 19.4. The number of likely N-dealkylation sites (tertiary alicyclic amines) is 2. The van der Waals surface area contributed by atoms with Gasteiger partial charge in [-0.3, -0.25) is 19.4 Å². The topological polar surface area (TPSA) is 91.8 Å². The molecule has 3 heterocycles. The molecule has 2 aliphatic rings. The Balaban J connectivity index is 1.19. The Morgan fingerprint density at radius 3 is 2.41 bits per heavy atom. The summed E-state index contributed by atoms with van der Waals surface area (Å²) in [6.45, 7) is 2.69. The number of rotatable bonds is 7. The maximum Gasteiger partial charge on any atom is 0.253 e. The Bertz CT molecular complexity index is 961. The third kappa shape index (κ3) is 6.34. The summed E-state index contributed by atoms with van der Waals surface area (Å²) in [5.74, 6) is 0.599. The van der Waals surface area contributed by atoms with E-state index in [1.54, 1.807) is 29.4 Å². The lowest BCUT2D eigenvalue weighted by molar-refractivity contribution is -0.136. The van der Waals surface area contributed by atoms with Crippen molar-refractivity contribution in [1.82, 2.24) is 20.1 Å². The summed E-state index contributed by atoms with van der Waals surface area (Å²) in [6, 6.07) is 12.9. The second-order valence-electron chi connectivity index (χ2n) is 8.90. The number of amides is 3. The van der Waals surface area contributed by atoms with Crippen LogP contribution in [-0.4, -0.2) is 71.3 Å². The number of ether oxygens (including phenoxy) is 1. The minimum absolute atomic E-state index is 0.00450. The molecule has 2 saturated heterocycles. The summed E-state index contributed by atoms with van der Waals surface area (Å²) >= 11 is 0. The number of carbonyl (C=O) groups is 3. The van der Waals surface area contributed by atoms with Gasteiger partial charge in [-0.05, 0) is 49.9 Å². The van der Waals surface area contributed by atoms with E-state index in [0.29, 0.717) is 44.8 Å². The molecule has 1 unspecified atom stereocenters. The summed E-state index contributed by atoms with van der Waals surface area (Å²) < 4.78 is 5.64. The van der Waals surface area contributed by atoms with E-state index in [1.807, 2.05) is 35.2 Å². The Morgan fingerprint density at radius 2 is 1.68 bits per heavy atom. The van der Waals surface area contributed by atoms with Crippen molar-refractivity contribution in [2.24, 2.45) is 5.92 Å². The Morgan fingerprint density at radius 1 is 0.941 bits per heavy atom. The number of pyridine rings is 1. The Labute approximate surface area is 200 Å². The van der Waals surface area contributed by atoms with Crippen molar-refractivity contribution in [3.63, 3.8) is 0 Å². The summed E-state index contributed by atoms with van der Waals surface area (Å²) in [5, 5.41) is 3.16. The highest BCUT2D eigenvalue weighted by molar-refractivity contribution is 5.94.